The molecule has 1 aromatic heterocycles. The maximum Gasteiger partial charge on any atom is 0.327 e. The normalized spacial score (nSPS) is 21.0. The van der Waals surface area contributed by atoms with Crippen LogP contribution in [0.2, 0.25) is 0 Å². The number of aliphatic carboxylic acids is 1. The highest BCUT2D eigenvalue weighted by Crippen LogP contribution is 2.52. The first-order chi connectivity index (χ1) is 17.8. The Morgan fingerprint density at radius 1 is 1.05 bits per heavy atom. The number of benzene rings is 2. The van der Waals surface area contributed by atoms with E-state index >= 15 is 0 Å². The maximum atomic E-state index is 14.1. The number of amides is 1. The lowest BCUT2D eigenvalue weighted by Crippen LogP contribution is -2.45. The van der Waals surface area contributed by atoms with Gasteiger partial charge >= 0.3 is 5.97 Å². The molecule has 37 heavy (non-hydrogen) atoms. The van der Waals surface area contributed by atoms with Crippen molar-refractivity contribution in [1.29, 1.82) is 0 Å². The number of carboxylic acid groups (broad SMARTS) is 1. The topological polar surface area (TPSA) is 136 Å². The van der Waals surface area contributed by atoms with Crippen molar-refractivity contribution in [3.63, 3.8) is 0 Å². The van der Waals surface area contributed by atoms with E-state index in [-0.39, 0.29) is 17.9 Å². The number of Topliss-reactive ketones (excluding diaryl/α,β-unsaturated/α-hetero) is 1. The van der Waals surface area contributed by atoms with Gasteiger partial charge in [0.15, 0.2) is 5.78 Å². The average Bonchev–Trinajstić information content (AvgIpc) is 3.55. The molecule has 192 valence electrons. The lowest BCUT2D eigenvalue weighted by Gasteiger charge is -2.30. The van der Waals surface area contributed by atoms with Crippen molar-refractivity contribution in [2.45, 2.75) is 18.0 Å². The van der Waals surface area contributed by atoms with Crippen LogP contribution in [0, 0.1) is 16.0 Å². The number of methoxy groups -OCH3 is 2. The minimum Gasteiger partial charge on any atom is -0.497 e. The Balaban J connectivity index is 1.93. The number of nitro groups is 1. The predicted octanol–water partition coefficient (Wildman–Crippen LogP) is 3.93. The minimum absolute atomic E-state index is 0.176. The summed E-state index contributed by atoms with van der Waals surface area (Å²) in [5, 5.41) is 23.3. The fourth-order valence-electron chi connectivity index (χ4n) is 4.92. The lowest BCUT2D eigenvalue weighted by molar-refractivity contribution is -0.384. The molecule has 3 aromatic rings. The molecule has 4 unspecified atom stereocenters. The summed E-state index contributed by atoms with van der Waals surface area (Å²) in [6, 6.07) is 13.1. The highest BCUT2D eigenvalue weighted by molar-refractivity contribution is 7.10. The monoisotopic (exact) mass is 524 g/mol. The van der Waals surface area contributed by atoms with Gasteiger partial charge in [-0.2, -0.15) is 0 Å². The highest BCUT2D eigenvalue weighted by atomic mass is 32.1. The second kappa shape index (κ2) is 10.9. The van der Waals surface area contributed by atoms with Crippen molar-refractivity contribution >= 4 is 34.7 Å². The van der Waals surface area contributed by atoms with Gasteiger partial charge in [-0.3, -0.25) is 19.7 Å². The standard InChI is InChI=1S/C26H24N2O8S/c1-35-14-20(29)27-23(15-7-11-18(36-2)12-8-15)22(21(24(27)26(31)32)19-4-3-13-37-19)25(30)16-5-9-17(10-6-16)28(33)34/h3-13,21-24H,14H2,1-2H3,(H,31,32). The third-order valence-electron chi connectivity index (χ3n) is 6.47. The van der Waals surface area contributed by atoms with Crippen LogP contribution in [0.25, 0.3) is 0 Å². The van der Waals surface area contributed by atoms with Gasteiger partial charge in [0.1, 0.15) is 18.4 Å². The number of hydrogen-bond donors (Lipinski definition) is 1. The van der Waals surface area contributed by atoms with Crippen LogP contribution in [-0.2, 0) is 14.3 Å². The number of ketones is 1. The van der Waals surface area contributed by atoms with E-state index in [2.05, 4.69) is 0 Å². The summed E-state index contributed by atoms with van der Waals surface area (Å²) in [6.45, 7) is -0.369. The molecule has 1 aliphatic rings. The molecular formula is C26H24N2O8S. The summed E-state index contributed by atoms with van der Waals surface area (Å²) in [7, 11) is 2.84. The molecule has 10 nitrogen and oxygen atoms in total. The molecule has 2 aromatic carbocycles. The van der Waals surface area contributed by atoms with Crippen LogP contribution in [0.5, 0.6) is 5.75 Å². The van der Waals surface area contributed by atoms with Crippen molar-refractivity contribution in [2.75, 3.05) is 20.8 Å². The van der Waals surface area contributed by atoms with E-state index in [4.69, 9.17) is 9.47 Å². The first-order valence-corrected chi connectivity index (χ1v) is 12.1. The fraction of sp³-hybridized carbons (Fsp3) is 0.269. The number of carbonyl (C=O) groups excluding carboxylic acids is 2. The van der Waals surface area contributed by atoms with E-state index in [1.165, 1.54) is 54.7 Å². The molecule has 1 aliphatic heterocycles. The molecule has 11 heteroatoms. The van der Waals surface area contributed by atoms with Gasteiger partial charge in [0.05, 0.1) is 24.0 Å². The number of hydrogen-bond acceptors (Lipinski definition) is 8. The number of rotatable bonds is 9. The first kappa shape index (κ1) is 26.0. The Bertz CT molecular complexity index is 1290. The van der Waals surface area contributed by atoms with Gasteiger partial charge < -0.3 is 19.5 Å². The SMILES string of the molecule is COCC(=O)N1C(C(=O)O)C(c2cccs2)C(C(=O)c2ccc([N+](=O)[O-])cc2)C1c1ccc(OC)cc1. The van der Waals surface area contributed by atoms with Crippen LogP contribution in [0.3, 0.4) is 0 Å². The molecule has 1 amide bonds. The lowest BCUT2D eigenvalue weighted by atomic mass is 9.78. The van der Waals surface area contributed by atoms with Crippen molar-refractivity contribution < 1.29 is 33.9 Å². The van der Waals surface area contributed by atoms with Crippen molar-refractivity contribution in [3.8, 4) is 5.75 Å². The zero-order chi connectivity index (χ0) is 26.7. The number of carbonyl (C=O) groups is 3. The smallest absolute Gasteiger partial charge is 0.327 e. The molecule has 0 aliphatic carbocycles. The van der Waals surface area contributed by atoms with E-state index in [0.717, 1.165) is 0 Å². The summed E-state index contributed by atoms with van der Waals surface area (Å²) in [5.41, 5.74) is 0.557. The van der Waals surface area contributed by atoms with Crippen LogP contribution < -0.4 is 4.74 Å². The van der Waals surface area contributed by atoms with Crippen molar-refractivity contribution in [3.05, 3.63) is 92.2 Å². The number of likely N-dealkylation sites (tertiary alicyclic amines) is 1. The summed E-state index contributed by atoms with van der Waals surface area (Å²) >= 11 is 1.30. The minimum atomic E-state index is -1.35. The van der Waals surface area contributed by atoms with Crippen molar-refractivity contribution in [2.24, 2.45) is 5.92 Å². The second-order valence-corrected chi connectivity index (χ2v) is 9.45. The number of non-ortho nitro benzene ring substituents is 1. The molecule has 0 radical (unpaired) electrons. The molecule has 1 saturated heterocycles. The number of nitro benzene ring substituents is 1. The molecule has 2 heterocycles. The zero-order valence-corrected chi connectivity index (χ0v) is 20.8. The third-order valence-corrected chi connectivity index (χ3v) is 7.44. The quantitative estimate of drug-likeness (QED) is 0.253. The van der Waals surface area contributed by atoms with Crippen LogP contribution in [0.4, 0.5) is 5.69 Å². The summed E-state index contributed by atoms with van der Waals surface area (Å²) in [5.74, 6) is -3.55. The van der Waals surface area contributed by atoms with Crippen LogP contribution >= 0.6 is 11.3 Å². The molecule has 1 N–H and O–H groups in total. The third kappa shape index (κ3) is 4.95. The largest absolute Gasteiger partial charge is 0.497 e. The molecular weight excluding hydrogens is 500 g/mol. The molecule has 0 saturated carbocycles. The van der Waals surface area contributed by atoms with Crippen LogP contribution in [0.15, 0.2) is 66.0 Å². The highest BCUT2D eigenvalue weighted by Gasteiger charge is 2.57. The Hall–Kier alpha value is -4.09. The van der Waals surface area contributed by atoms with Crippen molar-refractivity contribution in [1.82, 2.24) is 4.90 Å². The molecule has 4 rings (SSSR count). The number of carboxylic acids is 1. The van der Waals surface area contributed by atoms with E-state index in [0.29, 0.717) is 16.2 Å². The molecule has 0 spiro atoms. The van der Waals surface area contributed by atoms with Gasteiger partial charge in [0, 0.05) is 35.6 Å². The van der Waals surface area contributed by atoms with Gasteiger partial charge in [-0.25, -0.2) is 4.79 Å². The van der Waals surface area contributed by atoms with Gasteiger partial charge in [-0.05, 0) is 41.3 Å². The average molecular weight is 525 g/mol. The summed E-state index contributed by atoms with van der Waals surface area (Å²) in [6.07, 6.45) is 0. The zero-order valence-electron chi connectivity index (χ0n) is 20.0. The van der Waals surface area contributed by atoms with Gasteiger partial charge in [-0.1, -0.05) is 18.2 Å². The maximum absolute atomic E-state index is 14.1. The Morgan fingerprint density at radius 2 is 1.73 bits per heavy atom. The van der Waals surface area contributed by atoms with Crippen LogP contribution in [-0.4, -0.2) is 59.5 Å². The van der Waals surface area contributed by atoms with Gasteiger partial charge in [-0.15, -0.1) is 11.3 Å². The molecule has 1 fully saturated rings. The van der Waals surface area contributed by atoms with E-state index in [1.54, 1.807) is 41.8 Å². The Kier molecular flexibility index (Phi) is 7.65. The van der Waals surface area contributed by atoms with Gasteiger partial charge in [0.25, 0.3) is 5.69 Å². The van der Waals surface area contributed by atoms with E-state index in [1.807, 2.05) is 0 Å². The molecule has 4 atom stereocenters. The number of ether oxygens (including phenoxy) is 2. The molecule has 0 bridgehead atoms. The van der Waals surface area contributed by atoms with E-state index < -0.39 is 46.5 Å². The fourth-order valence-corrected chi connectivity index (χ4v) is 5.83. The summed E-state index contributed by atoms with van der Waals surface area (Å²) < 4.78 is 10.3. The van der Waals surface area contributed by atoms with Crippen LogP contribution in [0.1, 0.15) is 32.8 Å². The number of thiophene rings is 1. The Labute approximate surface area is 216 Å². The number of nitrogens with zero attached hydrogens (tertiary/aromatic N) is 2. The van der Waals surface area contributed by atoms with Gasteiger partial charge in [0.2, 0.25) is 5.91 Å². The Morgan fingerprint density at radius 3 is 2.24 bits per heavy atom. The predicted molar refractivity (Wildman–Crippen MR) is 134 cm³/mol. The van der Waals surface area contributed by atoms with E-state index in [9.17, 15) is 29.6 Å². The second-order valence-electron chi connectivity index (χ2n) is 8.47. The summed E-state index contributed by atoms with van der Waals surface area (Å²) in [4.78, 5) is 52.5. The first-order valence-electron chi connectivity index (χ1n) is 11.3.